The zero-order valence-corrected chi connectivity index (χ0v) is 15.0. The molecule has 3 aromatic rings. The van der Waals surface area contributed by atoms with Crippen LogP contribution in [0.1, 0.15) is 5.69 Å². The number of hydrogen-bond donors (Lipinski definition) is 1. The zero-order valence-electron chi connectivity index (χ0n) is 15.0. The van der Waals surface area contributed by atoms with Gasteiger partial charge in [-0.1, -0.05) is 24.3 Å². The minimum Gasteiger partial charge on any atom is -0.325 e. The Balaban J connectivity index is 1.90. The van der Waals surface area contributed by atoms with Crippen molar-refractivity contribution in [2.45, 2.75) is 13.5 Å². The zero-order chi connectivity index (χ0) is 19.4. The largest absolute Gasteiger partial charge is 0.325 e. The summed E-state index contributed by atoms with van der Waals surface area (Å²) in [5, 5.41) is 2.92. The maximum Gasteiger partial charge on any atom is 0.255 e. The van der Waals surface area contributed by atoms with E-state index in [1.807, 2.05) is 18.2 Å². The lowest BCUT2D eigenvalue weighted by molar-refractivity contribution is -0.118. The first-order valence-corrected chi connectivity index (χ1v) is 8.37. The number of anilines is 3. The number of likely N-dealkylation sites (N-methyl/N-ethyl adjacent to an activating group) is 1. The summed E-state index contributed by atoms with van der Waals surface area (Å²) in [6.07, 6.45) is 0. The maximum atomic E-state index is 13.4. The standard InChI is InChI=1S/C20H19FN4O2/c1-14-11-18(26)25(13-19(27)24(2)17-9-4-3-5-10-17)20(22-14)23-16-8-6-7-15(21)12-16/h3-12H,13H2,1-2H3,(H,22,23). The van der Waals surface area contributed by atoms with Crippen LogP contribution in [0.15, 0.2) is 65.5 Å². The van der Waals surface area contributed by atoms with Crippen molar-refractivity contribution in [1.29, 1.82) is 0 Å². The highest BCUT2D eigenvalue weighted by Gasteiger charge is 2.16. The molecule has 138 valence electrons. The third-order valence-electron chi connectivity index (χ3n) is 4.03. The molecule has 1 N–H and O–H groups in total. The highest BCUT2D eigenvalue weighted by atomic mass is 19.1. The second-order valence-corrected chi connectivity index (χ2v) is 6.07. The molecule has 1 heterocycles. The van der Waals surface area contributed by atoms with Crippen LogP contribution in [-0.4, -0.2) is 22.5 Å². The molecule has 0 aliphatic heterocycles. The molecule has 1 aromatic heterocycles. The van der Waals surface area contributed by atoms with Crippen LogP contribution in [0.25, 0.3) is 0 Å². The molecule has 0 atom stereocenters. The molecule has 0 fully saturated rings. The molecule has 0 unspecified atom stereocenters. The van der Waals surface area contributed by atoms with Crippen LogP contribution in [0.4, 0.5) is 21.7 Å². The Hall–Kier alpha value is -3.48. The van der Waals surface area contributed by atoms with Gasteiger partial charge in [-0.3, -0.25) is 14.2 Å². The summed E-state index contributed by atoms with van der Waals surface area (Å²) in [4.78, 5) is 30.9. The van der Waals surface area contributed by atoms with Gasteiger partial charge in [0, 0.05) is 30.2 Å². The fourth-order valence-corrected chi connectivity index (χ4v) is 2.60. The molecular formula is C20H19FN4O2. The fourth-order valence-electron chi connectivity index (χ4n) is 2.60. The van der Waals surface area contributed by atoms with E-state index in [0.29, 0.717) is 11.4 Å². The maximum absolute atomic E-state index is 13.4. The summed E-state index contributed by atoms with van der Waals surface area (Å²) >= 11 is 0. The lowest BCUT2D eigenvalue weighted by atomic mass is 10.3. The molecule has 0 spiro atoms. The topological polar surface area (TPSA) is 67.2 Å². The van der Waals surface area contributed by atoms with E-state index in [1.165, 1.54) is 27.7 Å². The summed E-state index contributed by atoms with van der Waals surface area (Å²) in [6.45, 7) is 1.48. The predicted octanol–water partition coefficient (Wildman–Crippen LogP) is 3.10. The van der Waals surface area contributed by atoms with Crippen LogP contribution >= 0.6 is 0 Å². The number of benzene rings is 2. The molecule has 0 aliphatic carbocycles. The first-order valence-electron chi connectivity index (χ1n) is 8.37. The van der Waals surface area contributed by atoms with Crippen molar-refractivity contribution in [3.05, 3.63) is 82.5 Å². The summed E-state index contributed by atoms with van der Waals surface area (Å²) in [5.74, 6) is -0.516. The third kappa shape index (κ3) is 4.38. The van der Waals surface area contributed by atoms with Crippen LogP contribution in [0.2, 0.25) is 0 Å². The predicted molar refractivity (Wildman–Crippen MR) is 103 cm³/mol. The Morgan fingerprint density at radius 2 is 1.89 bits per heavy atom. The molecule has 27 heavy (non-hydrogen) atoms. The normalized spacial score (nSPS) is 10.5. The lowest BCUT2D eigenvalue weighted by Gasteiger charge is -2.19. The van der Waals surface area contributed by atoms with Crippen LogP contribution < -0.4 is 15.8 Å². The van der Waals surface area contributed by atoms with Gasteiger partial charge in [0.25, 0.3) is 5.56 Å². The number of carbonyl (C=O) groups is 1. The van der Waals surface area contributed by atoms with Crippen LogP contribution in [0.5, 0.6) is 0 Å². The van der Waals surface area contributed by atoms with E-state index in [9.17, 15) is 14.0 Å². The first kappa shape index (κ1) is 18.3. The number of aryl methyl sites for hydroxylation is 1. The quantitative estimate of drug-likeness (QED) is 0.753. The molecule has 0 saturated carbocycles. The van der Waals surface area contributed by atoms with Gasteiger partial charge in [-0.05, 0) is 37.3 Å². The monoisotopic (exact) mass is 366 g/mol. The van der Waals surface area contributed by atoms with E-state index < -0.39 is 5.82 Å². The van der Waals surface area contributed by atoms with Crippen molar-refractivity contribution in [2.24, 2.45) is 0 Å². The van der Waals surface area contributed by atoms with E-state index in [-0.39, 0.29) is 24.0 Å². The molecule has 2 aromatic carbocycles. The Kier molecular flexibility index (Phi) is 5.30. The minimum atomic E-state index is -0.415. The molecule has 0 aliphatic rings. The molecule has 3 rings (SSSR count). The third-order valence-corrected chi connectivity index (χ3v) is 4.03. The van der Waals surface area contributed by atoms with E-state index >= 15 is 0 Å². The van der Waals surface area contributed by atoms with Gasteiger partial charge in [0.05, 0.1) is 0 Å². The Labute approximate surface area is 155 Å². The first-order chi connectivity index (χ1) is 12.9. The summed E-state index contributed by atoms with van der Waals surface area (Å²) in [5.41, 5.74) is 1.29. The molecule has 0 bridgehead atoms. The number of para-hydroxylation sites is 1. The van der Waals surface area contributed by atoms with Gasteiger partial charge in [0.2, 0.25) is 11.9 Å². The summed E-state index contributed by atoms with van der Waals surface area (Å²) in [7, 11) is 1.64. The smallest absolute Gasteiger partial charge is 0.255 e. The number of nitrogens with zero attached hydrogens (tertiary/aromatic N) is 3. The van der Waals surface area contributed by atoms with Crippen molar-refractivity contribution in [1.82, 2.24) is 9.55 Å². The van der Waals surface area contributed by atoms with Gasteiger partial charge >= 0.3 is 0 Å². The van der Waals surface area contributed by atoms with Crippen LogP contribution in [0.3, 0.4) is 0 Å². The Morgan fingerprint density at radius 3 is 2.59 bits per heavy atom. The molecule has 1 amide bonds. The second-order valence-electron chi connectivity index (χ2n) is 6.07. The van der Waals surface area contributed by atoms with Crippen LogP contribution in [0, 0.1) is 12.7 Å². The summed E-state index contributed by atoms with van der Waals surface area (Å²) in [6, 6.07) is 16.3. The molecule has 0 radical (unpaired) electrons. The molecule has 7 heteroatoms. The minimum absolute atomic E-state index is 0.181. The van der Waals surface area contributed by atoms with Gasteiger partial charge in [-0.15, -0.1) is 0 Å². The van der Waals surface area contributed by atoms with Crippen LogP contribution in [-0.2, 0) is 11.3 Å². The van der Waals surface area contributed by atoms with Crippen molar-refractivity contribution >= 4 is 23.2 Å². The SMILES string of the molecule is Cc1cc(=O)n(CC(=O)N(C)c2ccccc2)c(Nc2cccc(F)c2)n1. The molecule has 0 saturated heterocycles. The van der Waals surface area contributed by atoms with Gasteiger partial charge in [0.15, 0.2) is 0 Å². The Morgan fingerprint density at radius 1 is 1.15 bits per heavy atom. The number of hydrogen-bond acceptors (Lipinski definition) is 4. The molecule has 6 nitrogen and oxygen atoms in total. The van der Waals surface area contributed by atoms with Crippen molar-refractivity contribution < 1.29 is 9.18 Å². The van der Waals surface area contributed by atoms with Gasteiger partial charge < -0.3 is 10.2 Å². The summed E-state index contributed by atoms with van der Waals surface area (Å²) < 4.78 is 14.7. The average molecular weight is 366 g/mol. The van der Waals surface area contributed by atoms with Gasteiger partial charge in [0.1, 0.15) is 12.4 Å². The van der Waals surface area contributed by atoms with E-state index in [0.717, 1.165) is 5.69 Å². The van der Waals surface area contributed by atoms with E-state index in [1.54, 1.807) is 38.2 Å². The fraction of sp³-hybridized carbons (Fsp3) is 0.150. The lowest BCUT2D eigenvalue weighted by Crippen LogP contribution is -2.35. The highest BCUT2D eigenvalue weighted by molar-refractivity contribution is 5.92. The number of rotatable bonds is 5. The number of aromatic nitrogens is 2. The van der Waals surface area contributed by atoms with Gasteiger partial charge in [-0.25, -0.2) is 9.37 Å². The van der Waals surface area contributed by atoms with Gasteiger partial charge in [-0.2, -0.15) is 0 Å². The van der Waals surface area contributed by atoms with E-state index in [4.69, 9.17) is 0 Å². The average Bonchev–Trinajstić information content (AvgIpc) is 2.64. The van der Waals surface area contributed by atoms with E-state index in [2.05, 4.69) is 10.3 Å². The Bertz CT molecular complexity index is 1020. The van der Waals surface area contributed by atoms with Crippen molar-refractivity contribution in [3.8, 4) is 0 Å². The molecular weight excluding hydrogens is 347 g/mol. The number of halogens is 1. The van der Waals surface area contributed by atoms with Crippen molar-refractivity contribution in [2.75, 3.05) is 17.3 Å². The number of carbonyl (C=O) groups excluding carboxylic acids is 1. The number of amides is 1. The van der Waals surface area contributed by atoms with Crippen molar-refractivity contribution in [3.63, 3.8) is 0 Å². The second kappa shape index (κ2) is 7.82. The highest BCUT2D eigenvalue weighted by Crippen LogP contribution is 2.16. The number of nitrogens with one attached hydrogen (secondary N) is 1.